The van der Waals surface area contributed by atoms with Gasteiger partial charge in [0.05, 0.1) is 17.9 Å². The Balaban J connectivity index is 1.97. The van der Waals surface area contributed by atoms with Crippen LogP contribution in [0.15, 0.2) is 34.8 Å². The first-order chi connectivity index (χ1) is 11.8. The van der Waals surface area contributed by atoms with Crippen molar-refractivity contribution >= 4 is 39.5 Å². The zero-order valence-electron chi connectivity index (χ0n) is 14.7. The number of amides is 2. The van der Waals surface area contributed by atoms with Crippen molar-refractivity contribution in [2.24, 2.45) is 7.05 Å². The highest BCUT2D eigenvalue weighted by Crippen LogP contribution is 2.21. The highest BCUT2D eigenvalue weighted by atomic mass is 79.9. The fourth-order valence-electron chi connectivity index (χ4n) is 2.36. The standard InChI is InChI=1S/C18H21BrN4O2/c1-12-14(13(2)23(4)21-12)9-10-18(25)22(3)11-17(24)20-16-8-6-5-7-15(16)19/h5-10H,11H2,1-4H3,(H,20,24)/b10-9+. The quantitative estimate of drug-likeness (QED) is 0.778. The summed E-state index contributed by atoms with van der Waals surface area (Å²) < 4.78 is 2.56. The summed E-state index contributed by atoms with van der Waals surface area (Å²) in [5, 5.41) is 7.08. The number of benzene rings is 1. The molecule has 7 heteroatoms. The fourth-order valence-corrected chi connectivity index (χ4v) is 2.74. The van der Waals surface area contributed by atoms with Gasteiger partial charge >= 0.3 is 0 Å². The van der Waals surface area contributed by atoms with Gasteiger partial charge in [-0.15, -0.1) is 0 Å². The zero-order valence-corrected chi connectivity index (χ0v) is 16.3. The molecule has 0 aliphatic rings. The van der Waals surface area contributed by atoms with Crippen molar-refractivity contribution in [1.29, 1.82) is 0 Å². The fraction of sp³-hybridized carbons (Fsp3) is 0.278. The third-order valence-corrected chi connectivity index (χ3v) is 4.55. The summed E-state index contributed by atoms with van der Waals surface area (Å²) in [6, 6.07) is 7.32. The van der Waals surface area contributed by atoms with Crippen LogP contribution in [0.1, 0.15) is 17.0 Å². The summed E-state index contributed by atoms with van der Waals surface area (Å²) in [7, 11) is 3.45. The maximum atomic E-state index is 12.2. The number of halogens is 1. The Morgan fingerprint density at radius 1 is 1.32 bits per heavy atom. The third-order valence-electron chi connectivity index (χ3n) is 3.86. The molecule has 0 saturated heterocycles. The average molecular weight is 405 g/mol. The highest BCUT2D eigenvalue weighted by molar-refractivity contribution is 9.10. The van der Waals surface area contributed by atoms with Gasteiger partial charge in [-0.3, -0.25) is 14.3 Å². The molecule has 0 fully saturated rings. The number of hydrogen-bond donors (Lipinski definition) is 1. The van der Waals surface area contributed by atoms with E-state index in [1.165, 1.54) is 11.0 Å². The van der Waals surface area contributed by atoms with Crippen molar-refractivity contribution in [3.63, 3.8) is 0 Å². The number of anilines is 1. The third kappa shape index (κ3) is 4.79. The number of carbonyl (C=O) groups excluding carboxylic acids is 2. The summed E-state index contributed by atoms with van der Waals surface area (Å²) >= 11 is 3.37. The van der Waals surface area contributed by atoms with Crippen LogP contribution >= 0.6 is 15.9 Å². The van der Waals surface area contributed by atoms with Gasteiger partial charge in [0.2, 0.25) is 11.8 Å². The van der Waals surface area contributed by atoms with Gasteiger partial charge in [0.25, 0.3) is 0 Å². The molecule has 0 aliphatic heterocycles. The van der Waals surface area contributed by atoms with E-state index in [1.54, 1.807) is 23.9 Å². The van der Waals surface area contributed by atoms with Crippen LogP contribution in [0.4, 0.5) is 5.69 Å². The number of rotatable bonds is 5. The van der Waals surface area contributed by atoms with E-state index in [2.05, 4.69) is 26.3 Å². The molecule has 1 aromatic heterocycles. The van der Waals surface area contributed by atoms with Gasteiger partial charge in [0, 0.05) is 35.9 Å². The van der Waals surface area contributed by atoms with E-state index < -0.39 is 0 Å². The van der Waals surface area contributed by atoms with Crippen molar-refractivity contribution < 1.29 is 9.59 Å². The SMILES string of the molecule is Cc1nn(C)c(C)c1/C=C/C(=O)N(C)CC(=O)Nc1ccccc1Br. The average Bonchev–Trinajstić information content (AvgIpc) is 2.80. The molecular weight excluding hydrogens is 384 g/mol. The van der Waals surface area contributed by atoms with Gasteiger partial charge in [-0.2, -0.15) is 5.10 Å². The lowest BCUT2D eigenvalue weighted by molar-refractivity contribution is -0.129. The first-order valence-corrected chi connectivity index (χ1v) is 8.56. The number of para-hydroxylation sites is 1. The van der Waals surface area contributed by atoms with E-state index in [-0.39, 0.29) is 18.4 Å². The molecule has 0 radical (unpaired) electrons. The summed E-state index contributed by atoms with van der Waals surface area (Å²) in [5.74, 6) is -0.505. The summed E-state index contributed by atoms with van der Waals surface area (Å²) in [6.45, 7) is 3.81. The smallest absolute Gasteiger partial charge is 0.246 e. The Labute approximate surface area is 155 Å². The normalized spacial score (nSPS) is 10.9. The molecule has 0 saturated carbocycles. The lowest BCUT2D eigenvalue weighted by Crippen LogP contribution is -2.33. The summed E-state index contributed by atoms with van der Waals surface area (Å²) in [5.41, 5.74) is 3.43. The van der Waals surface area contributed by atoms with Crippen LogP contribution in [-0.2, 0) is 16.6 Å². The topological polar surface area (TPSA) is 67.2 Å². The van der Waals surface area contributed by atoms with E-state index in [4.69, 9.17) is 0 Å². The number of aromatic nitrogens is 2. The van der Waals surface area contributed by atoms with Crippen molar-refractivity contribution in [3.05, 3.63) is 51.8 Å². The number of likely N-dealkylation sites (N-methyl/N-ethyl adjacent to an activating group) is 1. The van der Waals surface area contributed by atoms with E-state index in [9.17, 15) is 9.59 Å². The Morgan fingerprint density at radius 2 is 2.00 bits per heavy atom. The number of nitrogens with zero attached hydrogens (tertiary/aromatic N) is 3. The van der Waals surface area contributed by atoms with Crippen molar-refractivity contribution in [2.75, 3.05) is 18.9 Å². The summed E-state index contributed by atoms with van der Waals surface area (Å²) in [6.07, 6.45) is 3.20. The minimum absolute atomic E-state index is 0.0322. The van der Waals surface area contributed by atoms with Gasteiger partial charge in [-0.25, -0.2) is 0 Å². The number of hydrogen-bond acceptors (Lipinski definition) is 3. The van der Waals surface area contributed by atoms with Crippen molar-refractivity contribution in [3.8, 4) is 0 Å². The molecule has 6 nitrogen and oxygen atoms in total. The second kappa shape index (κ2) is 8.11. The lowest BCUT2D eigenvalue weighted by Gasteiger charge is -2.15. The molecule has 1 aromatic carbocycles. The van der Waals surface area contributed by atoms with Gasteiger partial charge in [0.1, 0.15) is 0 Å². The first kappa shape index (κ1) is 18.9. The van der Waals surface area contributed by atoms with Gasteiger partial charge in [-0.1, -0.05) is 12.1 Å². The Hall–Kier alpha value is -2.41. The van der Waals surface area contributed by atoms with Gasteiger partial charge < -0.3 is 10.2 Å². The van der Waals surface area contributed by atoms with Crippen LogP contribution in [0.25, 0.3) is 6.08 Å². The van der Waals surface area contributed by atoms with Crippen molar-refractivity contribution in [1.82, 2.24) is 14.7 Å². The van der Waals surface area contributed by atoms with Crippen molar-refractivity contribution in [2.45, 2.75) is 13.8 Å². The molecule has 2 aromatic rings. The molecule has 0 atom stereocenters. The van der Waals surface area contributed by atoms with Crippen LogP contribution in [0, 0.1) is 13.8 Å². The van der Waals surface area contributed by atoms with E-state index >= 15 is 0 Å². The van der Waals surface area contributed by atoms with Crippen LogP contribution in [0.5, 0.6) is 0 Å². The van der Waals surface area contributed by atoms with Gasteiger partial charge in [-0.05, 0) is 48.0 Å². The molecule has 0 spiro atoms. The predicted molar refractivity (Wildman–Crippen MR) is 102 cm³/mol. The first-order valence-electron chi connectivity index (χ1n) is 7.77. The molecule has 2 amide bonds. The molecule has 0 unspecified atom stereocenters. The molecule has 25 heavy (non-hydrogen) atoms. The van der Waals surface area contributed by atoms with Gasteiger partial charge in [0.15, 0.2) is 0 Å². The van der Waals surface area contributed by atoms with Crippen LogP contribution in [-0.4, -0.2) is 40.1 Å². The van der Waals surface area contributed by atoms with E-state index in [1.807, 2.05) is 39.1 Å². The predicted octanol–water partition coefficient (Wildman–Crippen LogP) is 2.91. The second-order valence-corrected chi connectivity index (χ2v) is 6.62. The molecular formula is C18H21BrN4O2. The number of nitrogens with one attached hydrogen (secondary N) is 1. The Kier molecular flexibility index (Phi) is 6.14. The maximum Gasteiger partial charge on any atom is 0.246 e. The van der Waals surface area contributed by atoms with Crippen LogP contribution < -0.4 is 5.32 Å². The number of aryl methyl sites for hydroxylation is 2. The molecule has 2 rings (SSSR count). The highest BCUT2D eigenvalue weighted by Gasteiger charge is 2.13. The maximum absolute atomic E-state index is 12.2. The monoisotopic (exact) mass is 404 g/mol. The van der Waals surface area contributed by atoms with E-state index in [0.29, 0.717) is 5.69 Å². The minimum atomic E-state index is -0.259. The molecule has 0 bridgehead atoms. The van der Waals surface area contributed by atoms with Crippen LogP contribution in [0.2, 0.25) is 0 Å². The second-order valence-electron chi connectivity index (χ2n) is 5.76. The van der Waals surface area contributed by atoms with E-state index in [0.717, 1.165) is 21.4 Å². The summed E-state index contributed by atoms with van der Waals surface area (Å²) in [4.78, 5) is 25.7. The molecule has 0 aliphatic carbocycles. The zero-order chi connectivity index (χ0) is 18.6. The number of carbonyl (C=O) groups is 2. The molecule has 132 valence electrons. The Morgan fingerprint density at radius 3 is 2.60 bits per heavy atom. The minimum Gasteiger partial charge on any atom is -0.333 e. The molecule has 1 N–H and O–H groups in total. The van der Waals surface area contributed by atoms with Crippen LogP contribution in [0.3, 0.4) is 0 Å². The largest absolute Gasteiger partial charge is 0.333 e. The lowest BCUT2D eigenvalue weighted by atomic mass is 10.2. The Bertz CT molecular complexity index is 826. The molecule has 1 heterocycles.